The molecule has 18 heavy (non-hydrogen) atoms. The summed E-state index contributed by atoms with van der Waals surface area (Å²) in [5.74, 6) is -0.770. The molecule has 0 aromatic carbocycles. The molecule has 0 amide bonds. The molecule has 0 saturated heterocycles. The zero-order valence-electron chi connectivity index (χ0n) is 9.52. The number of rotatable bonds is 3. The third kappa shape index (κ3) is 2.52. The molecule has 2 aromatic heterocycles. The molecule has 0 saturated carbocycles. The number of ketones is 1. The van der Waals surface area contributed by atoms with Gasteiger partial charge < -0.3 is 4.74 Å². The zero-order valence-corrected chi connectivity index (χ0v) is 12.7. The lowest BCUT2D eigenvalue weighted by atomic mass is 10.3. The molecule has 0 atom stereocenters. The van der Waals surface area contributed by atoms with E-state index < -0.39 is 5.97 Å². The molecule has 0 aliphatic carbocycles. The van der Waals surface area contributed by atoms with Crippen molar-refractivity contribution in [3.8, 4) is 9.88 Å². The second-order valence-corrected chi connectivity index (χ2v) is 6.81. The highest BCUT2D eigenvalue weighted by atomic mass is 79.9. The van der Waals surface area contributed by atoms with Gasteiger partial charge in [0.05, 0.1) is 15.8 Å². The lowest BCUT2D eigenvalue weighted by molar-refractivity contribution is 0.0591. The second kappa shape index (κ2) is 5.29. The molecule has 94 valence electrons. The van der Waals surface area contributed by atoms with Gasteiger partial charge in [0.1, 0.15) is 9.88 Å². The molecule has 4 nitrogen and oxygen atoms in total. The van der Waals surface area contributed by atoms with Crippen LogP contribution in [0.4, 0.5) is 0 Å². The van der Waals surface area contributed by atoms with Crippen LogP contribution in [0.15, 0.2) is 15.9 Å². The number of ether oxygens (including phenoxy) is 1. The summed E-state index contributed by atoms with van der Waals surface area (Å²) in [6.07, 6.45) is 0. The van der Waals surface area contributed by atoms with Crippen molar-refractivity contribution in [3.05, 3.63) is 26.5 Å². The van der Waals surface area contributed by atoms with E-state index >= 15 is 0 Å². The van der Waals surface area contributed by atoms with Crippen molar-refractivity contribution in [1.29, 1.82) is 0 Å². The summed E-state index contributed by atoms with van der Waals surface area (Å²) in [6, 6.07) is 3.78. The molecule has 2 heterocycles. The minimum Gasteiger partial charge on any atom is -0.464 e. The Morgan fingerprint density at radius 1 is 1.33 bits per heavy atom. The van der Waals surface area contributed by atoms with Crippen LogP contribution in [0.5, 0.6) is 0 Å². The van der Waals surface area contributed by atoms with Gasteiger partial charge in [-0.1, -0.05) is 0 Å². The van der Waals surface area contributed by atoms with E-state index in [9.17, 15) is 9.59 Å². The van der Waals surface area contributed by atoms with Gasteiger partial charge in [0.25, 0.3) is 0 Å². The summed E-state index contributed by atoms with van der Waals surface area (Å²) < 4.78 is 5.60. The monoisotopic (exact) mass is 345 g/mol. The zero-order chi connectivity index (χ0) is 13.3. The summed E-state index contributed by atoms with van der Waals surface area (Å²) in [5.41, 5.74) is 0.0922. The van der Waals surface area contributed by atoms with Crippen LogP contribution in [-0.4, -0.2) is 23.8 Å². The Hall–Kier alpha value is -1.05. The maximum atomic E-state index is 11.6. The number of nitrogens with zero attached hydrogens (tertiary/aromatic N) is 1. The Labute approximate surface area is 120 Å². The van der Waals surface area contributed by atoms with Gasteiger partial charge in [0.15, 0.2) is 11.5 Å². The number of Topliss-reactive ketones (excluding diaryl/α,β-unsaturated/α-hetero) is 1. The van der Waals surface area contributed by atoms with Crippen molar-refractivity contribution in [1.82, 2.24) is 4.98 Å². The maximum Gasteiger partial charge on any atom is 0.358 e. The van der Waals surface area contributed by atoms with Gasteiger partial charge in [0, 0.05) is 6.92 Å². The van der Waals surface area contributed by atoms with E-state index in [4.69, 9.17) is 0 Å². The number of methoxy groups -OCH3 is 1. The van der Waals surface area contributed by atoms with Gasteiger partial charge in [-0.15, -0.1) is 22.7 Å². The highest BCUT2D eigenvalue weighted by molar-refractivity contribution is 9.11. The number of thiazole rings is 1. The summed E-state index contributed by atoms with van der Waals surface area (Å²) in [5, 5.41) is 0.649. The summed E-state index contributed by atoms with van der Waals surface area (Å²) in [6.45, 7) is 1.41. The third-order valence-corrected chi connectivity index (χ3v) is 5.06. The maximum absolute atomic E-state index is 11.6. The van der Waals surface area contributed by atoms with E-state index in [-0.39, 0.29) is 11.5 Å². The van der Waals surface area contributed by atoms with Crippen LogP contribution in [-0.2, 0) is 4.74 Å². The molecule has 0 unspecified atom stereocenters. The second-order valence-electron chi connectivity index (χ2n) is 3.35. The van der Waals surface area contributed by atoms with Crippen molar-refractivity contribution < 1.29 is 14.3 Å². The first-order chi connectivity index (χ1) is 8.52. The first kappa shape index (κ1) is 13.4. The predicted molar refractivity (Wildman–Crippen MR) is 74.5 cm³/mol. The smallest absolute Gasteiger partial charge is 0.358 e. The summed E-state index contributed by atoms with van der Waals surface area (Å²) >= 11 is 6.06. The topological polar surface area (TPSA) is 56.3 Å². The number of hydrogen-bond acceptors (Lipinski definition) is 6. The van der Waals surface area contributed by atoms with Crippen LogP contribution in [0.3, 0.4) is 0 Å². The average Bonchev–Trinajstić information content (AvgIpc) is 2.93. The van der Waals surface area contributed by atoms with E-state index in [0.717, 1.165) is 8.66 Å². The fourth-order valence-corrected chi connectivity index (χ4v) is 3.72. The van der Waals surface area contributed by atoms with E-state index in [1.165, 1.54) is 36.7 Å². The van der Waals surface area contributed by atoms with E-state index in [0.29, 0.717) is 9.88 Å². The number of hydrogen-bond donors (Lipinski definition) is 0. The van der Waals surface area contributed by atoms with Gasteiger partial charge in [-0.05, 0) is 28.1 Å². The Balaban J connectivity index is 2.52. The van der Waals surface area contributed by atoms with Crippen molar-refractivity contribution in [2.45, 2.75) is 6.92 Å². The van der Waals surface area contributed by atoms with Gasteiger partial charge in [-0.25, -0.2) is 9.78 Å². The van der Waals surface area contributed by atoms with Crippen molar-refractivity contribution in [3.63, 3.8) is 0 Å². The van der Waals surface area contributed by atoms with E-state index in [1.807, 2.05) is 12.1 Å². The number of carbonyl (C=O) groups excluding carboxylic acids is 2. The number of thiophene rings is 1. The minimum atomic E-state index is -0.585. The molecule has 0 bridgehead atoms. The molecular formula is C11H8BrNO3S2. The Kier molecular flexibility index (Phi) is 3.94. The predicted octanol–water partition coefficient (Wildman–Crippen LogP) is 3.62. The molecular weight excluding hydrogens is 338 g/mol. The first-order valence-electron chi connectivity index (χ1n) is 4.88. The lowest BCUT2D eigenvalue weighted by Crippen LogP contribution is -2.06. The van der Waals surface area contributed by atoms with E-state index in [1.54, 1.807) is 0 Å². The number of aromatic nitrogens is 1. The SMILES string of the molecule is COC(=O)c1nc(-c2ccc(Br)s2)sc1C(C)=O. The highest BCUT2D eigenvalue weighted by Crippen LogP contribution is 2.35. The highest BCUT2D eigenvalue weighted by Gasteiger charge is 2.22. The van der Waals surface area contributed by atoms with Crippen molar-refractivity contribution in [2.24, 2.45) is 0 Å². The molecule has 7 heteroatoms. The summed E-state index contributed by atoms with van der Waals surface area (Å²) in [7, 11) is 1.27. The minimum absolute atomic E-state index is 0.0922. The number of halogens is 1. The van der Waals surface area contributed by atoms with Crippen molar-refractivity contribution in [2.75, 3.05) is 7.11 Å². The quantitative estimate of drug-likeness (QED) is 0.629. The van der Waals surface area contributed by atoms with Crippen LogP contribution in [0.2, 0.25) is 0 Å². The number of esters is 1. The molecule has 0 spiro atoms. The molecule has 0 radical (unpaired) electrons. The van der Waals surface area contributed by atoms with E-state index in [2.05, 4.69) is 25.7 Å². The fourth-order valence-electron chi connectivity index (χ4n) is 1.33. The number of carbonyl (C=O) groups is 2. The molecule has 0 aliphatic rings. The van der Waals surface area contributed by atoms with Crippen LogP contribution in [0, 0.1) is 0 Å². The Morgan fingerprint density at radius 3 is 2.56 bits per heavy atom. The average molecular weight is 346 g/mol. The molecule has 0 fully saturated rings. The first-order valence-corrected chi connectivity index (χ1v) is 7.31. The largest absolute Gasteiger partial charge is 0.464 e. The fraction of sp³-hybridized carbons (Fsp3) is 0.182. The Morgan fingerprint density at radius 2 is 2.06 bits per heavy atom. The van der Waals surface area contributed by atoms with Crippen LogP contribution in [0.1, 0.15) is 27.1 Å². The van der Waals surface area contributed by atoms with Crippen LogP contribution in [0.25, 0.3) is 9.88 Å². The molecule has 2 aromatic rings. The lowest BCUT2D eigenvalue weighted by Gasteiger charge is -1.95. The van der Waals surface area contributed by atoms with Gasteiger partial charge in [0.2, 0.25) is 0 Å². The molecule has 0 N–H and O–H groups in total. The Bertz CT molecular complexity index is 618. The molecule has 0 aliphatic heterocycles. The van der Waals surface area contributed by atoms with Crippen LogP contribution < -0.4 is 0 Å². The summed E-state index contributed by atoms with van der Waals surface area (Å²) in [4.78, 5) is 28.5. The standard InChI is InChI=1S/C11H8BrNO3S2/c1-5(14)9-8(11(15)16-2)13-10(18-9)6-3-4-7(12)17-6/h3-4H,1-2H3. The molecule has 2 rings (SSSR count). The third-order valence-electron chi connectivity index (χ3n) is 2.11. The van der Waals surface area contributed by atoms with Gasteiger partial charge in [-0.3, -0.25) is 4.79 Å². The van der Waals surface area contributed by atoms with Gasteiger partial charge in [-0.2, -0.15) is 0 Å². The van der Waals surface area contributed by atoms with Crippen molar-refractivity contribution >= 4 is 50.4 Å². The van der Waals surface area contributed by atoms with Crippen LogP contribution >= 0.6 is 38.6 Å². The normalized spacial score (nSPS) is 10.4. The van der Waals surface area contributed by atoms with Gasteiger partial charge >= 0.3 is 5.97 Å².